The summed E-state index contributed by atoms with van der Waals surface area (Å²) in [6, 6.07) is 9.52. The lowest BCUT2D eigenvalue weighted by atomic mass is 10.1. The molecule has 2 rings (SSSR count). The second-order valence-electron chi connectivity index (χ2n) is 3.92. The molecule has 0 spiro atoms. The number of hydrogen-bond acceptors (Lipinski definition) is 3. The number of benzene rings is 1. The van der Waals surface area contributed by atoms with E-state index in [1.54, 1.807) is 13.0 Å². The van der Waals surface area contributed by atoms with Gasteiger partial charge in [0.1, 0.15) is 11.5 Å². The molecule has 4 nitrogen and oxygen atoms in total. The molecule has 0 atom stereocenters. The van der Waals surface area contributed by atoms with E-state index in [0.717, 1.165) is 16.8 Å². The number of amides is 1. The summed E-state index contributed by atoms with van der Waals surface area (Å²) in [6.07, 6.45) is 0. The van der Waals surface area contributed by atoms with Crippen molar-refractivity contribution >= 4 is 5.91 Å². The molecule has 0 bridgehead atoms. The minimum absolute atomic E-state index is 0.244. The molecular weight excluding hydrogens is 214 g/mol. The molecule has 0 saturated carbocycles. The van der Waals surface area contributed by atoms with Gasteiger partial charge in [0.25, 0.3) is 5.91 Å². The number of nitrogens with two attached hydrogens (primary N) is 1. The molecule has 2 aromatic rings. The summed E-state index contributed by atoms with van der Waals surface area (Å²) in [5, 5.41) is 0. The van der Waals surface area contributed by atoms with E-state index >= 15 is 0 Å². The van der Waals surface area contributed by atoms with Crippen LogP contribution in [0.15, 0.2) is 30.3 Å². The maximum Gasteiger partial charge on any atom is 0.267 e. The molecule has 1 amide bonds. The van der Waals surface area contributed by atoms with Crippen molar-refractivity contribution in [2.75, 3.05) is 0 Å². The number of carbonyl (C=O) groups excluding carboxylic acids is 1. The Labute approximate surface area is 99.5 Å². The highest BCUT2D eigenvalue weighted by atomic mass is 16.1. The molecule has 0 saturated heterocycles. The summed E-state index contributed by atoms with van der Waals surface area (Å²) in [6.45, 7) is 3.75. The normalized spacial score (nSPS) is 10.2. The van der Waals surface area contributed by atoms with Gasteiger partial charge in [0.05, 0.1) is 5.69 Å². The van der Waals surface area contributed by atoms with Crippen molar-refractivity contribution in [3.05, 3.63) is 47.4 Å². The van der Waals surface area contributed by atoms with Crippen LogP contribution in [0.2, 0.25) is 0 Å². The van der Waals surface area contributed by atoms with E-state index in [1.165, 1.54) is 0 Å². The Morgan fingerprint density at radius 2 is 1.94 bits per heavy atom. The van der Waals surface area contributed by atoms with E-state index in [-0.39, 0.29) is 5.69 Å². The van der Waals surface area contributed by atoms with Gasteiger partial charge < -0.3 is 5.73 Å². The Kier molecular flexibility index (Phi) is 2.87. The Bertz CT molecular complexity index is 579. The fourth-order valence-electron chi connectivity index (χ4n) is 1.65. The smallest absolute Gasteiger partial charge is 0.267 e. The average Bonchev–Trinajstić information content (AvgIpc) is 2.28. The predicted octanol–water partition coefficient (Wildman–Crippen LogP) is 1.86. The van der Waals surface area contributed by atoms with Gasteiger partial charge in [-0.3, -0.25) is 4.79 Å². The summed E-state index contributed by atoms with van der Waals surface area (Å²) in [7, 11) is 0. The maximum atomic E-state index is 11.1. The van der Waals surface area contributed by atoms with E-state index in [4.69, 9.17) is 5.73 Å². The summed E-state index contributed by atoms with van der Waals surface area (Å²) in [5.74, 6) is 0.00205. The molecule has 0 unspecified atom stereocenters. The molecule has 1 aromatic carbocycles. The van der Waals surface area contributed by atoms with E-state index in [0.29, 0.717) is 5.82 Å². The highest BCUT2D eigenvalue weighted by Crippen LogP contribution is 2.18. The third kappa shape index (κ3) is 2.47. The van der Waals surface area contributed by atoms with Crippen molar-refractivity contribution in [1.29, 1.82) is 0 Å². The minimum Gasteiger partial charge on any atom is -0.364 e. The van der Waals surface area contributed by atoms with Crippen LogP contribution < -0.4 is 5.73 Å². The van der Waals surface area contributed by atoms with Crippen LogP contribution in [0.4, 0.5) is 0 Å². The highest BCUT2D eigenvalue weighted by Gasteiger charge is 2.08. The lowest BCUT2D eigenvalue weighted by Crippen LogP contribution is -2.14. The van der Waals surface area contributed by atoms with Crippen LogP contribution in [0.3, 0.4) is 0 Å². The quantitative estimate of drug-likeness (QED) is 0.851. The third-order valence-corrected chi connectivity index (χ3v) is 2.40. The van der Waals surface area contributed by atoms with Gasteiger partial charge in [-0.25, -0.2) is 9.97 Å². The predicted molar refractivity (Wildman–Crippen MR) is 65.5 cm³/mol. The monoisotopic (exact) mass is 227 g/mol. The summed E-state index contributed by atoms with van der Waals surface area (Å²) < 4.78 is 0. The van der Waals surface area contributed by atoms with Crippen LogP contribution in [0.1, 0.15) is 21.9 Å². The van der Waals surface area contributed by atoms with Crippen LogP contribution in [0, 0.1) is 13.8 Å². The van der Waals surface area contributed by atoms with Gasteiger partial charge in [-0.05, 0) is 26.0 Å². The Morgan fingerprint density at radius 3 is 2.59 bits per heavy atom. The Balaban J connectivity index is 2.56. The number of rotatable bonds is 2. The van der Waals surface area contributed by atoms with Gasteiger partial charge >= 0.3 is 0 Å². The first-order chi connectivity index (χ1) is 8.06. The lowest BCUT2D eigenvalue weighted by molar-refractivity contribution is 0.0995. The molecule has 0 aliphatic rings. The van der Waals surface area contributed by atoms with Crippen molar-refractivity contribution < 1.29 is 4.79 Å². The molecule has 17 heavy (non-hydrogen) atoms. The fraction of sp³-hybridized carbons (Fsp3) is 0.154. The topological polar surface area (TPSA) is 68.9 Å². The zero-order valence-corrected chi connectivity index (χ0v) is 9.77. The van der Waals surface area contributed by atoms with Gasteiger partial charge in [-0.2, -0.15) is 0 Å². The van der Waals surface area contributed by atoms with Crippen molar-refractivity contribution in [3.63, 3.8) is 0 Å². The Morgan fingerprint density at radius 1 is 1.18 bits per heavy atom. The third-order valence-electron chi connectivity index (χ3n) is 2.40. The van der Waals surface area contributed by atoms with Gasteiger partial charge in [0.15, 0.2) is 0 Å². The molecule has 1 aromatic heterocycles. The zero-order chi connectivity index (χ0) is 12.4. The van der Waals surface area contributed by atoms with E-state index < -0.39 is 5.91 Å². The lowest BCUT2D eigenvalue weighted by Gasteiger charge is -2.05. The van der Waals surface area contributed by atoms with Crippen LogP contribution in [-0.4, -0.2) is 15.9 Å². The fourth-order valence-corrected chi connectivity index (χ4v) is 1.65. The minimum atomic E-state index is -0.538. The average molecular weight is 227 g/mol. The largest absolute Gasteiger partial charge is 0.364 e. The standard InChI is InChI=1S/C13H13N3O/c1-8-4-3-5-10(6-8)11-7-12(13(14)17)16-9(2)15-11/h3-7H,1-2H3,(H2,14,17). The van der Waals surface area contributed by atoms with Crippen LogP contribution in [-0.2, 0) is 0 Å². The van der Waals surface area contributed by atoms with Gasteiger partial charge in [0.2, 0.25) is 0 Å². The molecule has 1 heterocycles. The summed E-state index contributed by atoms with van der Waals surface area (Å²) in [5.41, 5.74) is 8.29. The van der Waals surface area contributed by atoms with Crippen LogP contribution in [0.25, 0.3) is 11.3 Å². The first kappa shape index (κ1) is 11.3. The number of aryl methyl sites for hydroxylation is 2. The first-order valence-corrected chi connectivity index (χ1v) is 5.29. The molecule has 0 radical (unpaired) electrons. The maximum absolute atomic E-state index is 11.1. The van der Waals surface area contributed by atoms with Crippen molar-refractivity contribution in [3.8, 4) is 11.3 Å². The van der Waals surface area contributed by atoms with Gasteiger partial charge in [-0.1, -0.05) is 23.8 Å². The molecule has 0 aliphatic carbocycles. The number of primary amides is 1. The van der Waals surface area contributed by atoms with Crippen molar-refractivity contribution in [2.24, 2.45) is 5.73 Å². The van der Waals surface area contributed by atoms with E-state index in [2.05, 4.69) is 9.97 Å². The molecule has 2 N–H and O–H groups in total. The van der Waals surface area contributed by atoms with E-state index in [1.807, 2.05) is 31.2 Å². The molecule has 86 valence electrons. The number of hydrogen-bond donors (Lipinski definition) is 1. The number of aromatic nitrogens is 2. The first-order valence-electron chi connectivity index (χ1n) is 5.29. The second-order valence-corrected chi connectivity index (χ2v) is 3.92. The van der Waals surface area contributed by atoms with Crippen molar-refractivity contribution in [1.82, 2.24) is 9.97 Å². The highest BCUT2D eigenvalue weighted by molar-refractivity contribution is 5.91. The van der Waals surface area contributed by atoms with Crippen molar-refractivity contribution in [2.45, 2.75) is 13.8 Å². The molecular formula is C13H13N3O. The molecule has 4 heteroatoms. The zero-order valence-electron chi connectivity index (χ0n) is 9.77. The molecule has 0 aliphatic heterocycles. The van der Waals surface area contributed by atoms with Gasteiger partial charge in [0, 0.05) is 5.56 Å². The second kappa shape index (κ2) is 4.33. The van der Waals surface area contributed by atoms with Crippen LogP contribution >= 0.6 is 0 Å². The number of carbonyl (C=O) groups is 1. The summed E-state index contributed by atoms with van der Waals surface area (Å²) in [4.78, 5) is 19.4. The van der Waals surface area contributed by atoms with Crippen LogP contribution in [0.5, 0.6) is 0 Å². The van der Waals surface area contributed by atoms with Gasteiger partial charge in [-0.15, -0.1) is 0 Å². The SMILES string of the molecule is Cc1cccc(-c2cc(C(N)=O)nc(C)n2)c1. The summed E-state index contributed by atoms with van der Waals surface area (Å²) >= 11 is 0. The van der Waals surface area contributed by atoms with E-state index in [9.17, 15) is 4.79 Å². The Hall–Kier alpha value is -2.23. The number of nitrogens with zero attached hydrogens (tertiary/aromatic N) is 2. The molecule has 0 fully saturated rings.